The zero-order valence-corrected chi connectivity index (χ0v) is 11.1. The van der Waals surface area contributed by atoms with Crippen LogP contribution in [0, 0.1) is 0 Å². The Bertz CT molecular complexity index is 546. The summed E-state index contributed by atoms with van der Waals surface area (Å²) in [7, 11) is 1.62. The second kappa shape index (κ2) is 6.04. The van der Waals surface area contributed by atoms with Crippen molar-refractivity contribution in [3.8, 4) is 5.75 Å². The third kappa shape index (κ3) is 3.34. The lowest BCUT2D eigenvalue weighted by Crippen LogP contribution is -2.15. The molecule has 1 aromatic heterocycles. The number of hydrogen-bond acceptors (Lipinski definition) is 3. The van der Waals surface area contributed by atoms with Crippen LogP contribution >= 0.6 is 0 Å². The highest BCUT2D eigenvalue weighted by atomic mass is 16.5. The van der Waals surface area contributed by atoms with Gasteiger partial charge >= 0.3 is 0 Å². The van der Waals surface area contributed by atoms with E-state index in [1.54, 1.807) is 13.3 Å². The van der Waals surface area contributed by atoms with Gasteiger partial charge in [-0.05, 0) is 24.1 Å². The summed E-state index contributed by atoms with van der Waals surface area (Å²) in [6.45, 7) is 2.02. The summed E-state index contributed by atoms with van der Waals surface area (Å²) in [4.78, 5) is 11.9. The van der Waals surface area contributed by atoms with E-state index in [-0.39, 0.29) is 5.91 Å². The fourth-order valence-corrected chi connectivity index (χ4v) is 1.80. The highest BCUT2D eigenvalue weighted by Crippen LogP contribution is 2.14. The van der Waals surface area contributed by atoms with Crippen LogP contribution in [0.5, 0.6) is 5.75 Å². The molecule has 0 radical (unpaired) electrons. The maximum Gasteiger partial charge on any atom is 0.229 e. The van der Waals surface area contributed by atoms with Gasteiger partial charge in [-0.3, -0.25) is 9.89 Å². The fraction of sp³-hybridized carbons (Fsp3) is 0.286. The monoisotopic (exact) mass is 259 g/mol. The zero-order valence-electron chi connectivity index (χ0n) is 11.1. The van der Waals surface area contributed by atoms with E-state index in [2.05, 4.69) is 15.5 Å². The molecule has 0 bridgehead atoms. The van der Waals surface area contributed by atoms with Gasteiger partial charge in [-0.2, -0.15) is 5.10 Å². The van der Waals surface area contributed by atoms with E-state index in [1.165, 1.54) is 0 Å². The minimum Gasteiger partial charge on any atom is -0.497 e. The van der Waals surface area contributed by atoms with Crippen LogP contribution in [-0.2, 0) is 17.6 Å². The number of anilines is 1. The summed E-state index contributed by atoms with van der Waals surface area (Å²) >= 11 is 0. The molecule has 2 rings (SSSR count). The first-order valence-corrected chi connectivity index (χ1v) is 6.18. The number of rotatable bonds is 5. The van der Waals surface area contributed by atoms with E-state index >= 15 is 0 Å². The van der Waals surface area contributed by atoms with E-state index in [4.69, 9.17) is 4.74 Å². The second-order valence-electron chi connectivity index (χ2n) is 4.20. The quantitative estimate of drug-likeness (QED) is 0.864. The number of H-pyrrole nitrogens is 1. The van der Waals surface area contributed by atoms with Gasteiger partial charge in [0, 0.05) is 5.56 Å². The molecular weight excluding hydrogens is 242 g/mol. The molecule has 0 aliphatic heterocycles. The Hall–Kier alpha value is -2.30. The lowest BCUT2D eigenvalue weighted by atomic mass is 10.1. The van der Waals surface area contributed by atoms with E-state index < -0.39 is 0 Å². The Kier molecular flexibility index (Phi) is 4.18. The van der Waals surface area contributed by atoms with Crippen LogP contribution in [0.25, 0.3) is 0 Å². The SMILES string of the molecule is CCc1cn[nH]c1NC(=O)Cc1ccc(OC)cc1. The normalized spacial score (nSPS) is 10.2. The number of amides is 1. The molecule has 1 aromatic carbocycles. The predicted molar refractivity (Wildman–Crippen MR) is 73.3 cm³/mol. The van der Waals surface area contributed by atoms with Gasteiger partial charge in [0.25, 0.3) is 0 Å². The number of nitrogens with zero attached hydrogens (tertiary/aromatic N) is 1. The Morgan fingerprint density at radius 3 is 2.74 bits per heavy atom. The summed E-state index contributed by atoms with van der Waals surface area (Å²) in [5.41, 5.74) is 1.94. The molecule has 1 heterocycles. The Labute approximate surface area is 112 Å². The first-order chi connectivity index (χ1) is 9.22. The number of hydrogen-bond donors (Lipinski definition) is 2. The lowest BCUT2D eigenvalue weighted by Gasteiger charge is -2.05. The molecule has 0 aliphatic rings. The summed E-state index contributed by atoms with van der Waals surface area (Å²) in [5, 5.41) is 9.54. The number of aryl methyl sites for hydroxylation is 1. The highest BCUT2D eigenvalue weighted by molar-refractivity contribution is 5.91. The topological polar surface area (TPSA) is 67.0 Å². The number of benzene rings is 1. The van der Waals surface area contributed by atoms with Gasteiger partial charge in [-0.1, -0.05) is 19.1 Å². The molecule has 5 nitrogen and oxygen atoms in total. The number of methoxy groups -OCH3 is 1. The van der Waals surface area contributed by atoms with Gasteiger partial charge in [-0.25, -0.2) is 0 Å². The number of ether oxygens (including phenoxy) is 1. The highest BCUT2D eigenvalue weighted by Gasteiger charge is 2.08. The first kappa shape index (κ1) is 13.1. The molecule has 0 saturated carbocycles. The standard InChI is InChI=1S/C14H17N3O2/c1-3-11-9-15-17-14(11)16-13(18)8-10-4-6-12(19-2)7-5-10/h4-7,9H,3,8H2,1-2H3,(H2,15,16,17,18). The van der Waals surface area contributed by atoms with E-state index in [0.29, 0.717) is 12.2 Å². The molecule has 100 valence electrons. The molecule has 19 heavy (non-hydrogen) atoms. The number of carbonyl (C=O) groups excluding carboxylic acids is 1. The third-order valence-corrected chi connectivity index (χ3v) is 2.89. The molecule has 1 amide bonds. The van der Waals surface area contributed by atoms with Crippen molar-refractivity contribution >= 4 is 11.7 Å². The number of aromatic nitrogens is 2. The van der Waals surface area contributed by atoms with Crippen LogP contribution in [0.1, 0.15) is 18.1 Å². The van der Waals surface area contributed by atoms with Crippen molar-refractivity contribution in [2.45, 2.75) is 19.8 Å². The summed E-state index contributed by atoms with van der Waals surface area (Å²) in [5.74, 6) is 1.40. The van der Waals surface area contributed by atoms with Crippen molar-refractivity contribution in [1.82, 2.24) is 10.2 Å². The third-order valence-electron chi connectivity index (χ3n) is 2.89. The van der Waals surface area contributed by atoms with Crippen molar-refractivity contribution in [3.05, 3.63) is 41.6 Å². The average molecular weight is 259 g/mol. The summed E-state index contributed by atoms with van der Waals surface area (Å²) in [6.07, 6.45) is 2.88. The van der Waals surface area contributed by atoms with Gasteiger partial charge < -0.3 is 10.1 Å². The van der Waals surface area contributed by atoms with Crippen molar-refractivity contribution in [3.63, 3.8) is 0 Å². The second-order valence-corrected chi connectivity index (χ2v) is 4.20. The Morgan fingerprint density at radius 2 is 2.11 bits per heavy atom. The van der Waals surface area contributed by atoms with E-state index in [9.17, 15) is 4.79 Å². The largest absolute Gasteiger partial charge is 0.497 e. The lowest BCUT2D eigenvalue weighted by molar-refractivity contribution is -0.115. The molecule has 0 spiro atoms. The van der Waals surface area contributed by atoms with E-state index in [1.807, 2.05) is 31.2 Å². The Morgan fingerprint density at radius 1 is 1.37 bits per heavy atom. The maximum atomic E-state index is 11.9. The minimum absolute atomic E-state index is 0.0656. The van der Waals surface area contributed by atoms with Crippen molar-refractivity contribution in [1.29, 1.82) is 0 Å². The van der Waals surface area contributed by atoms with Gasteiger partial charge in [0.2, 0.25) is 5.91 Å². The molecular formula is C14H17N3O2. The molecule has 0 aliphatic carbocycles. The van der Waals surface area contributed by atoms with Crippen molar-refractivity contribution < 1.29 is 9.53 Å². The number of carbonyl (C=O) groups is 1. The minimum atomic E-state index is -0.0656. The van der Waals surface area contributed by atoms with Crippen LogP contribution < -0.4 is 10.1 Å². The van der Waals surface area contributed by atoms with Gasteiger partial charge in [0.1, 0.15) is 11.6 Å². The van der Waals surface area contributed by atoms with Crippen LogP contribution in [0.3, 0.4) is 0 Å². The molecule has 0 unspecified atom stereocenters. The first-order valence-electron chi connectivity index (χ1n) is 6.18. The van der Waals surface area contributed by atoms with Crippen molar-refractivity contribution in [2.24, 2.45) is 0 Å². The average Bonchev–Trinajstić information content (AvgIpc) is 2.86. The van der Waals surface area contributed by atoms with Crippen LogP contribution in [0.2, 0.25) is 0 Å². The predicted octanol–water partition coefficient (Wildman–Crippen LogP) is 2.16. The summed E-state index contributed by atoms with van der Waals surface area (Å²) in [6, 6.07) is 7.45. The Balaban J connectivity index is 1.97. The smallest absolute Gasteiger partial charge is 0.229 e. The summed E-state index contributed by atoms with van der Waals surface area (Å²) < 4.78 is 5.08. The van der Waals surface area contributed by atoms with Crippen LogP contribution in [-0.4, -0.2) is 23.2 Å². The fourth-order valence-electron chi connectivity index (χ4n) is 1.80. The van der Waals surface area contributed by atoms with Gasteiger partial charge in [-0.15, -0.1) is 0 Å². The molecule has 5 heteroatoms. The van der Waals surface area contributed by atoms with E-state index in [0.717, 1.165) is 23.3 Å². The molecule has 2 aromatic rings. The van der Waals surface area contributed by atoms with Gasteiger partial charge in [0.15, 0.2) is 0 Å². The van der Waals surface area contributed by atoms with Crippen LogP contribution in [0.4, 0.5) is 5.82 Å². The molecule has 2 N–H and O–H groups in total. The molecule has 0 saturated heterocycles. The van der Waals surface area contributed by atoms with Crippen molar-refractivity contribution in [2.75, 3.05) is 12.4 Å². The maximum absolute atomic E-state index is 11.9. The zero-order chi connectivity index (χ0) is 13.7. The van der Waals surface area contributed by atoms with Crippen LogP contribution in [0.15, 0.2) is 30.5 Å². The molecule has 0 fully saturated rings. The number of aromatic amines is 1. The number of nitrogens with one attached hydrogen (secondary N) is 2. The molecule has 0 atom stereocenters. The van der Waals surface area contributed by atoms with Gasteiger partial charge in [0.05, 0.1) is 19.7 Å².